The Hall–Kier alpha value is -3.77. The summed E-state index contributed by atoms with van der Waals surface area (Å²) in [5.74, 6) is 0. The molecule has 5 heterocycles. The SMILES string of the molecule is COc1nn2cc(-c3ccc(-c4ccc(COc5nn6cc(-c7cccc(Cl)c7)nc6s5)s4)cc3)nc2s1. The summed E-state index contributed by atoms with van der Waals surface area (Å²) in [6, 6.07) is 20.2. The molecule has 8 nitrogen and oxygen atoms in total. The minimum absolute atomic E-state index is 0.447. The van der Waals surface area contributed by atoms with Crippen LogP contribution in [-0.2, 0) is 6.61 Å². The Balaban J connectivity index is 1.02. The Morgan fingerprint density at radius 2 is 1.45 bits per heavy atom. The van der Waals surface area contributed by atoms with Crippen molar-refractivity contribution in [1.82, 2.24) is 29.2 Å². The largest absolute Gasteiger partial charge is 0.472 e. The molecular formula is C26H17ClN6O2S3. The number of nitrogens with zero attached hydrogens (tertiary/aromatic N) is 6. The van der Waals surface area contributed by atoms with E-state index in [1.54, 1.807) is 27.5 Å². The van der Waals surface area contributed by atoms with Crippen LogP contribution in [-0.4, -0.2) is 36.3 Å². The number of imidazole rings is 2. The smallest absolute Gasteiger partial charge is 0.294 e. The molecule has 0 saturated heterocycles. The third kappa shape index (κ3) is 4.43. The zero-order valence-electron chi connectivity index (χ0n) is 19.7. The van der Waals surface area contributed by atoms with E-state index in [0.29, 0.717) is 22.0 Å². The molecule has 2 aromatic carbocycles. The Morgan fingerprint density at radius 3 is 2.16 bits per heavy atom. The van der Waals surface area contributed by atoms with Crippen LogP contribution in [0.3, 0.4) is 0 Å². The maximum Gasteiger partial charge on any atom is 0.294 e. The van der Waals surface area contributed by atoms with Gasteiger partial charge in [0.05, 0.1) is 30.9 Å². The first-order valence-corrected chi connectivity index (χ1v) is 14.3. The second kappa shape index (κ2) is 9.52. The quantitative estimate of drug-likeness (QED) is 0.200. The van der Waals surface area contributed by atoms with Gasteiger partial charge >= 0.3 is 0 Å². The lowest BCUT2D eigenvalue weighted by Crippen LogP contribution is -1.93. The van der Waals surface area contributed by atoms with Crippen molar-refractivity contribution < 1.29 is 9.47 Å². The maximum absolute atomic E-state index is 6.11. The number of thiophene rings is 1. The second-order valence-electron chi connectivity index (χ2n) is 8.29. The fourth-order valence-electron chi connectivity index (χ4n) is 3.98. The molecule has 0 amide bonds. The predicted molar refractivity (Wildman–Crippen MR) is 152 cm³/mol. The molecule has 0 aliphatic heterocycles. The van der Waals surface area contributed by atoms with Crippen molar-refractivity contribution in [1.29, 1.82) is 0 Å². The molecule has 0 fully saturated rings. The highest BCUT2D eigenvalue weighted by Crippen LogP contribution is 2.32. The highest BCUT2D eigenvalue weighted by Gasteiger charge is 2.13. The molecular weight excluding hydrogens is 560 g/mol. The normalized spacial score (nSPS) is 11.5. The predicted octanol–water partition coefficient (Wildman–Crippen LogP) is 7.20. The number of halogens is 1. The molecule has 0 N–H and O–H groups in total. The van der Waals surface area contributed by atoms with Gasteiger partial charge in [0, 0.05) is 25.9 Å². The Bertz CT molecular complexity index is 1840. The zero-order chi connectivity index (χ0) is 25.6. The Kier molecular flexibility index (Phi) is 5.85. The third-order valence-electron chi connectivity index (χ3n) is 5.81. The Labute approximate surface area is 233 Å². The lowest BCUT2D eigenvalue weighted by Gasteiger charge is -2.01. The van der Waals surface area contributed by atoms with Crippen LogP contribution >= 0.6 is 45.6 Å². The van der Waals surface area contributed by atoms with E-state index < -0.39 is 0 Å². The van der Waals surface area contributed by atoms with Gasteiger partial charge in [-0.3, -0.25) is 0 Å². The summed E-state index contributed by atoms with van der Waals surface area (Å²) in [5.41, 5.74) is 4.85. The van der Waals surface area contributed by atoms with Gasteiger partial charge in [-0.2, -0.15) is 0 Å². The van der Waals surface area contributed by atoms with Gasteiger partial charge in [-0.1, -0.05) is 48.0 Å². The van der Waals surface area contributed by atoms with Gasteiger partial charge in [0.2, 0.25) is 9.92 Å². The zero-order valence-corrected chi connectivity index (χ0v) is 22.9. The number of rotatable bonds is 7. The lowest BCUT2D eigenvalue weighted by molar-refractivity contribution is 0.304. The number of methoxy groups -OCH3 is 1. The van der Waals surface area contributed by atoms with Gasteiger partial charge in [-0.15, -0.1) is 21.5 Å². The molecule has 0 radical (unpaired) electrons. The Morgan fingerprint density at radius 1 is 0.763 bits per heavy atom. The van der Waals surface area contributed by atoms with Crippen molar-refractivity contribution >= 4 is 55.5 Å². The van der Waals surface area contributed by atoms with E-state index in [9.17, 15) is 0 Å². The van der Waals surface area contributed by atoms with Gasteiger partial charge in [0.25, 0.3) is 10.4 Å². The molecule has 188 valence electrons. The van der Waals surface area contributed by atoms with Crippen LogP contribution in [0, 0.1) is 0 Å². The number of aromatic nitrogens is 6. The topological polar surface area (TPSA) is 78.8 Å². The minimum atomic E-state index is 0.447. The number of benzene rings is 2. The van der Waals surface area contributed by atoms with E-state index in [-0.39, 0.29) is 0 Å². The van der Waals surface area contributed by atoms with Crippen molar-refractivity contribution in [2.24, 2.45) is 0 Å². The molecule has 12 heteroatoms. The van der Waals surface area contributed by atoms with E-state index in [0.717, 1.165) is 42.9 Å². The highest BCUT2D eigenvalue weighted by molar-refractivity contribution is 7.18. The van der Waals surface area contributed by atoms with Crippen LogP contribution in [0.1, 0.15) is 4.88 Å². The maximum atomic E-state index is 6.11. The summed E-state index contributed by atoms with van der Waals surface area (Å²) in [7, 11) is 1.61. The molecule has 7 rings (SSSR count). The van der Waals surface area contributed by atoms with Crippen molar-refractivity contribution in [2.45, 2.75) is 6.61 Å². The van der Waals surface area contributed by atoms with Crippen molar-refractivity contribution in [2.75, 3.05) is 7.11 Å². The van der Waals surface area contributed by atoms with Crippen LogP contribution in [0.2, 0.25) is 5.02 Å². The van der Waals surface area contributed by atoms with Gasteiger partial charge in [0.1, 0.15) is 6.61 Å². The molecule has 38 heavy (non-hydrogen) atoms. The lowest BCUT2D eigenvalue weighted by atomic mass is 10.1. The number of hydrogen-bond donors (Lipinski definition) is 0. The van der Waals surface area contributed by atoms with Gasteiger partial charge in [0.15, 0.2) is 0 Å². The average molecular weight is 577 g/mol. The van der Waals surface area contributed by atoms with E-state index in [2.05, 4.69) is 56.6 Å². The molecule has 0 bridgehead atoms. The summed E-state index contributed by atoms with van der Waals surface area (Å²) in [5, 5.41) is 10.7. The van der Waals surface area contributed by atoms with Crippen LogP contribution in [0.5, 0.6) is 10.4 Å². The van der Waals surface area contributed by atoms with Crippen LogP contribution < -0.4 is 9.47 Å². The summed E-state index contributed by atoms with van der Waals surface area (Å²) >= 11 is 10.6. The van der Waals surface area contributed by atoms with Crippen molar-refractivity contribution in [3.05, 3.63) is 83.0 Å². The number of hydrogen-bond acceptors (Lipinski definition) is 9. The molecule has 0 aliphatic rings. The summed E-state index contributed by atoms with van der Waals surface area (Å²) in [6.45, 7) is 0.447. The standard InChI is InChI=1S/C26H17ClN6O2S3/c1-34-25-30-32-12-20(28-23(32)37-25)15-5-7-16(8-6-15)22-10-9-19(36-22)14-35-26-31-33-13-21(29-24(33)38-26)17-3-2-4-18(27)11-17/h2-13H,14H2,1H3. The third-order valence-corrected chi connectivity index (χ3v) is 8.87. The molecule has 0 atom stereocenters. The first-order valence-electron chi connectivity index (χ1n) is 11.5. The molecule has 0 unspecified atom stereocenters. The van der Waals surface area contributed by atoms with E-state index in [1.165, 1.54) is 27.6 Å². The molecule has 0 saturated carbocycles. The second-order valence-corrected chi connectivity index (χ2v) is 11.7. The first kappa shape index (κ1) is 23.4. The van der Waals surface area contributed by atoms with E-state index in [1.807, 2.05) is 36.7 Å². The number of ether oxygens (including phenoxy) is 2. The minimum Gasteiger partial charge on any atom is -0.472 e. The number of fused-ring (bicyclic) bond motifs is 2. The summed E-state index contributed by atoms with van der Waals surface area (Å²) in [6.07, 6.45) is 3.80. The summed E-state index contributed by atoms with van der Waals surface area (Å²) < 4.78 is 14.6. The first-order chi connectivity index (χ1) is 18.6. The average Bonchev–Trinajstić information content (AvgIpc) is 3.73. The van der Waals surface area contributed by atoms with Crippen LogP contribution in [0.15, 0.2) is 73.1 Å². The van der Waals surface area contributed by atoms with E-state index in [4.69, 9.17) is 21.1 Å². The van der Waals surface area contributed by atoms with Gasteiger partial charge in [-0.25, -0.2) is 19.0 Å². The highest BCUT2D eigenvalue weighted by atomic mass is 35.5. The van der Waals surface area contributed by atoms with E-state index >= 15 is 0 Å². The van der Waals surface area contributed by atoms with Gasteiger partial charge < -0.3 is 9.47 Å². The monoisotopic (exact) mass is 576 g/mol. The fraction of sp³-hybridized carbons (Fsp3) is 0.0769. The van der Waals surface area contributed by atoms with Crippen LogP contribution in [0.25, 0.3) is 42.9 Å². The van der Waals surface area contributed by atoms with Gasteiger partial charge in [-0.05, 0) is 52.5 Å². The van der Waals surface area contributed by atoms with Crippen molar-refractivity contribution in [3.63, 3.8) is 0 Å². The fourth-order valence-corrected chi connectivity index (χ4v) is 6.53. The van der Waals surface area contributed by atoms with Crippen LogP contribution in [0.4, 0.5) is 0 Å². The molecule has 7 aromatic rings. The molecule has 0 aliphatic carbocycles. The van der Waals surface area contributed by atoms with Crippen molar-refractivity contribution in [3.8, 4) is 43.3 Å². The summed E-state index contributed by atoms with van der Waals surface area (Å²) in [4.78, 5) is 13.2. The molecule has 5 aromatic heterocycles. The molecule has 0 spiro atoms.